The van der Waals surface area contributed by atoms with E-state index in [4.69, 9.17) is 21.3 Å². The van der Waals surface area contributed by atoms with Gasteiger partial charge in [0.1, 0.15) is 5.82 Å². The number of hydrogen-bond acceptors (Lipinski definition) is 5. The first-order valence-electron chi connectivity index (χ1n) is 12.9. The van der Waals surface area contributed by atoms with Gasteiger partial charge in [-0.05, 0) is 62.4 Å². The minimum Gasteiger partial charge on any atom is -0.449 e. The molecule has 2 aliphatic rings. The molecule has 2 atom stereocenters. The van der Waals surface area contributed by atoms with Gasteiger partial charge in [0.05, 0.1) is 22.8 Å². The Kier molecular flexibility index (Phi) is 8.32. The second-order valence-electron chi connectivity index (χ2n) is 9.84. The zero-order chi connectivity index (χ0) is 26.8. The van der Waals surface area contributed by atoms with E-state index in [9.17, 15) is 14.0 Å². The number of alkyl halides is 1. The number of rotatable bonds is 5. The summed E-state index contributed by atoms with van der Waals surface area (Å²) in [5, 5.41) is 1.45. The minimum absolute atomic E-state index is 0.0695. The van der Waals surface area contributed by atoms with Gasteiger partial charge in [-0.25, -0.2) is 9.18 Å². The average molecular weight is 651 g/mol. The number of aromatic nitrogens is 2. The fourth-order valence-electron chi connectivity index (χ4n) is 5.35. The maximum Gasteiger partial charge on any atom is 0.409 e. The number of carbonyl (C=O) groups is 2. The summed E-state index contributed by atoms with van der Waals surface area (Å²) in [5.41, 5.74) is 3.44. The number of carbonyl (C=O) groups excluding carboxylic acids is 2. The van der Waals surface area contributed by atoms with Crippen LogP contribution in [0.3, 0.4) is 0 Å². The van der Waals surface area contributed by atoms with E-state index in [1.807, 2.05) is 13.0 Å². The molecule has 2 amide bonds. The van der Waals surface area contributed by atoms with Crippen molar-refractivity contribution in [2.75, 3.05) is 30.7 Å². The Balaban J connectivity index is 1.34. The fraction of sp³-hybridized carbons (Fsp3) is 0.429. The number of hydrogen-bond donors (Lipinski definition) is 0. The predicted octanol–water partition coefficient (Wildman–Crippen LogP) is 5.80. The second-order valence-corrected chi connectivity index (χ2v) is 11.3. The molecule has 3 heterocycles. The smallest absolute Gasteiger partial charge is 0.409 e. The fourth-order valence-corrected chi connectivity index (χ4v) is 6.02. The molecule has 1 unspecified atom stereocenters. The first-order chi connectivity index (χ1) is 18.4. The van der Waals surface area contributed by atoms with Crippen LogP contribution in [0.4, 0.5) is 9.18 Å². The molecule has 200 valence electrons. The number of benzene rings is 1. The van der Waals surface area contributed by atoms with Crippen LogP contribution < -0.4 is 0 Å². The van der Waals surface area contributed by atoms with Crippen LogP contribution in [0.5, 0.6) is 0 Å². The Morgan fingerprint density at radius 3 is 2.87 bits per heavy atom. The van der Waals surface area contributed by atoms with Crippen molar-refractivity contribution < 1.29 is 18.7 Å². The summed E-state index contributed by atoms with van der Waals surface area (Å²) >= 11 is 9.06. The van der Waals surface area contributed by atoms with E-state index in [0.29, 0.717) is 60.9 Å². The lowest BCUT2D eigenvalue weighted by molar-refractivity contribution is 0.0414. The quantitative estimate of drug-likeness (QED) is 0.198. The largest absolute Gasteiger partial charge is 0.449 e. The molecule has 0 N–H and O–H groups in total. The summed E-state index contributed by atoms with van der Waals surface area (Å²) in [5.74, 6) is -0.481. The molecular weight excluding hydrogens is 622 g/mol. The van der Waals surface area contributed by atoms with Gasteiger partial charge in [-0.2, -0.15) is 0 Å². The lowest BCUT2D eigenvalue weighted by atomic mass is 9.84. The van der Waals surface area contributed by atoms with Crippen LogP contribution in [0.2, 0.25) is 5.02 Å². The topological polar surface area (TPSA) is 75.6 Å². The first-order valence-corrected chi connectivity index (χ1v) is 14.8. The minimum atomic E-state index is -0.327. The highest BCUT2D eigenvalue weighted by atomic mass is 127. The van der Waals surface area contributed by atoms with E-state index in [-0.39, 0.29) is 29.8 Å². The standard InChI is InChI=1S/C28H29ClFIN4O3/c1-17-16-34(28(37)38-13-3-9-31)11-12-35(17)27(36)19-6-8-21-24(15-19)33-23-14-18(5-7-20(23)25(21)29)26-22(30)4-2-10-32-26/h2,4,6,8,10,15,17-18H,3,5,7,9,11-14,16H2,1H3/t17-,18?/m1/s1. The molecule has 0 bridgehead atoms. The Labute approximate surface area is 239 Å². The lowest BCUT2D eigenvalue weighted by Gasteiger charge is -2.39. The molecule has 5 rings (SSSR count). The van der Waals surface area contributed by atoms with Gasteiger partial charge in [-0.3, -0.25) is 14.8 Å². The van der Waals surface area contributed by atoms with Crippen LogP contribution in [-0.2, 0) is 17.6 Å². The summed E-state index contributed by atoms with van der Waals surface area (Å²) in [6.07, 6.45) is 4.10. The van der Waals surface area contributed by atoms with E-state index in [2.05, 4.69) is 27.6 Å². The van der Waals surface area contributed by atoms with Crippen molar-refractivity contribution in [3.8, 4) is 0 Å². The highest BCUT2D eigenvalue weighted by molar-refractivity contribution is 14.1. The maximum atomic E-state index is 14.4. The predicted molar refractivity (Wildman–Crippen MR) is 153 cm³/mol. The lowest BCUT2D eigenvalue weighted by Crippen LogP contribution is -2.55. The van der Waals surface area contributed by atoms with Crippen LogP contribution in [0.25, 0.3) is 10.9 Å². The molecule has 2 aromatic heterocycles. The maximum absolute atomic E-state index is 14.4. The van der Waals surface area contributed by atoms with E-state index >= 15 is 0 Å². The number of fused-ring (bicyclic) bond motifs is 2. The molecule has 1 fully saturated rings. The Morgan fingerprint density at radius 2 is 2.11 bits per heavy atom. The van der Waals surface area contributed by atoms with Gasteiger partial charge in [0.25, 0.3) is 5.91 Å². The zero-order valence-electron chi connectivity index (χ0n) is 21.1. The van der Waals surface area contributed by atoms with E-state index in [0.717, 1.165) is 33.9 Å². The van der Waals surface area contributed by atoms with Crippen LogP contribution in [0, 0.1) is 5.82 Å². The zero-order valence-corrected chi connectivity index (χ0v) is 24.0. The van der Waals surface area contributed by atoms with E-state index < -0.39 is 0 Å². The number of nitrogens with zero attached hydrogens (tertiary/aromatic N) is 4. The van der Waals surface area contributed by atoms with Crippen molar-refractivity contribution >= 4 is 57.1 Å². The number of amides is 2. The summed E-state index contributed by atoms with van der Waals surface area (Å²) in [4.78, 5) is 38.4. The van der Waals surface area contributed by atoms with Gasteiger partial charge < -0.3 is 14.5 Å². The van der Waals surface area contributed by atoms with Crippen LogP contribution in [0.15, 0.2) is 36.5 Å². The Hall–Kier alpha value is -2.53. The van der Waals surface area contributed by atoms with Crippen molar-refractivity contribution in [2.45, 2.75) is 44.6 Å². The van der Waals surface area contributed by atoms with Crippen molar-refractivity contribution in [3.63, 3.8) is 0 Å². The third-order valence-corrected chi connectivity index (χ3v) is 8.55. The molecule has 3 aromatic rings. The third-order valence-electron chi connectivity index (χ3n) is 7.36. The van der Waals surface area contributed by atoms with E-state index in [1.165, 1.54) is 6.07 Å². The van der Waals surface area contributed by atoms with Gasteiger partial charge >= 0.3 is 6.09 Å². The molecule has 0 spiro atoms. The highest BCUT2D eigenvalue weighted by Gasteiger charge is 2.32. The van der Waals surface area contributed by atoms with Crippen LogP contribution >= 0.6 is 34.2 Å². The van der Waals surface area contributed by atoms with Crippen molar-refractivity contribution in [1.82, 2.24) is 19.8 Å². The second kappa shape index (κ2) is 11.7. The van der Waals surface area contributed by atoms with Gasteiger partial charge in [0.2, 0.25) is 0 Å². The SMILES string of the molecule is C[C@@H]1CN(C(=O)OCCCI)CCN1C(=O)c1ccc2c(Cl)c3c(nc2c1)CC(c1ncccc1F)CC3. The van der Waals surface area contributed by atoms with Gasteiger partial charge in [-0.15, -0.1) is 0 Å². The molecule has 0 saturated carbocycles. The normalized spacial score (nSPS) is 19.4. The highest BCUT2D eigenvalue weighted by Crippen LogP contribution is 2.38. The van der Waals surface area contributed by atoms with Crippen molar-refractivity contribution in [3.05, 3.63) is 69.9 Å². The Bertz CT molecular complexity index is 1370. The number of piperazine rings is 1. The molecule has 1 saturated heterocycles. The average Bonchev–Trinajstić information content (AvgIpc) is 2.92. The number of halogens is 3. The number of pyridine rings is 2. The monoisotopic (exact) mass is 650 g/mol. The molecule has 0 radical (unpaired) electrons. The van der Waals surface area contributed by atoms with Gasteiger partial charge in [-0.1, -0.05) is 40.3 Å². The first kappa shape index (κ1) is 27.1. The van der Waals surface area contributed by atoms with E-state index in [1.54, 1.807) is 34.2 Å². The molecule has 1 aliphatic heterocycles. The Morgan fingerprint density at radius 1 is 1.26 bits per heavy atom. The number of ether oxygens (including phenoxy) is 1. The summed E-state index contributed by atoms with van der Waals surface area (Å²) < 4.78 is 20.7. The summed E-state index contributed by atoms with van der Waals surface area (Å²) in [6.45, 7) is 3.62. The van der Waals surface area contributed by atoms with Crippen LogP contribution in [-0.4, -0.2) is 68.5 Å². The summed E-state index contributed by atoms with van der Waals surface area (Å²) in [6, 6.07) is 8.30. The van der Waals surface area contributed by atoms with Crippen molar-refractivity contribution in [2.24, 2.45) is 0 Å². The molecular formula is C28H29ClFIN4O3. The molecule has 7 nitrogen and oxygen atoms in total. The van der Waals surface area contributed by atoms with Gasteiger partial charge in [0, 0.05) is 58.9 Å². The molecule has 38 heavy (non-hydrogen) atoms. The molecule has 1 aliphatic carbocycles. The third kappa shape index (κ3) is 5.45. The van der Waals surface area contributed by atoms with Crippen molar-refractivity contribution in [1.29, 1.82) is 0 Å². The molecule has 1 aromatic carbocycles. The van der Waals surface area contributed by atoms with Gasteiger partial charge in [0.15, 0.2) is 0 Å². The van der Waals surface area contributed by atoms with Crippen LogP contribution in [0.1, 0.15) is 53.0 Å². The summed E-state index contributed by atoms with van der Waals surface area (Å²) in [7, 11) is 0. The molecule has 10 heteroatoms.